The average Bonchev–Trinajstić information content (AvgIpc) is 2.09. The summed E-state index contributed by atoms with van der Waals surface area (Å²) in [7, 11) is 0. The molecule has 1 aliphatic carbocycles. The summed E-state index contributed by atoms with van der Waals surface area (Å²) in [4.78, 5) is 0. The van der Waals surface area contributed by atoms with Crippen LogP contribution in [-0.2, 0) is 0 Å². The van der Waals surface area contributed by atoms with Gasteiger partial charge in [0.15, 0.2) is 0 Å². The molecule has 1 atom stereocenters. The fourth-order valence-electron chi connectivity index (χ4n) is 2.02. The fraction of sp³-hybridized carbons (Fsp3) is 0.909. The summed E-state index contributed by atoms with van der Waals surface area (Å²) in [5.74, 6) is 0.547. The van der Waals surface area contributed by atoms with Crippen molar-refractivity contribution in [1.29, 1.82) is 0 Å². The lowest BCUT2D eigenvalue weighted by Crippen LogP contribution is -2.16. The molecule has 0 amide bonds. The van der Waals surface area contributed by atoms with E-state index in [0.29, 0.717) is 5.92 Å². The van der Waals surface area contributed by atoms with Crippen molar-refractivity contribution >= 4 is 0 Å². The quantitative estimate of drug-likeness (QED) is 0.637. The van der Waals surface area contributed by atoms with Crippen LogP contribution >= 0.6 is 0 Å². The molecule has 0 heterocycles. The SMILES string of the molecule is CCCCCC1CCCC[C]1O. The molecule has 12 heavy (non-hydrogen) atoms. The van der Waals surface area contributed by atoms with Crippen LogP contribution < -0.4 is 0 Å². The summed E-state index contributed by atoms with van der Waals surface area (Å²) in [6.07, 6.45) is 10.6. The van der Waals surface area contributed by atoms with Gasteiger partial charge in [-0.3, -0.25) is 0 Å². The average molecular weight is 169 g/mol. The van der Waals surface area contributed by atoms with Crippen LogP contribution in [0.1, 0.15) is 58.3 Å². The molecule has 1 aliphatic rings. The maximum absolute atomic E-state index is 9.58. The zero-order valence-electron chi connectivity index (χ0n) is 8.18. The molecule has 1 nitrogen and oxygen atoms in total. The van der Waals surface area contributed by atoms with Gasteiger partial charge in [-0.1, -0.05) is 39.0 Å². The summed E-state index contributed by atoms with van der Waals surface area (Å²) in [5.41, 5.74) is 0. The van der Waals surface area contributed by atoms with Gasteiger partial charge in [-0.05, 0) is 25.2 Å². The molecule has 0 aromatic heterocycles. The Morgan fingerprint density at radius 3 is 2.83 bits per heavy atom. The Kier molecular flexibility index (Phi) is 4.67. The van der Waals surface area contributed by atoms with Crippen LogP contribution in [0.15, 0.2) is 0 Å². The lowest BCUT2D eigenvalue weighted by Gasteiger charge is -2.26. The summed E-state index contributed by atoms with van der Waals surface area (Å²) in [6.45, 7) is 2.23. The van der Waals surface area contributed by atoms with Crippen molar-refractivity contribution in [3.63, 3.8) is 0 Å². The third-order valence-electron chi connectivity index (χ3n) is 2.86. The molecule has 0 aromatic carbocycles. The summed E-state index contributed by atoms with van der Waals surface area (Å²) in [6, 6.07) is 0. The van der Waals surface area contributed by atoms with Crippen LogP contribution in [0, 0.1) is 12.0 Å². The van der Waals surface area contributed by atoms with Gasteiger partial charge in [0.2, 0.25) is 0 Å². The monoisotopic (exact) mass is 169 g/mol. The molecule has 0 bridgehead atoms. The Balaban J connectivity index is 2.11. The maximum atomic E-state index is 9.58. The van der Waals surface area contributed by atoms with E-state index in [2.05, 4.69) is 6.92 Å². The first-order valence-electron chi connectivity index (χ1n) is 5.39. The summed E-state index contributed by atoms with van der Waals surface area (Å²) >= 11 is 0. The molecule has 1 N–H and O–H groups in total. The first-order chi connectivity index (χ1) is 5.84. The van der Waals surface area contributed by atoms with Gasteiger partial charge in [-0.2, -0.15) is 0 Å². The van der Waals surface area contributed by atoms with Crippen molar-refractivity contribution in [2.24, 2.45) is 5.92 Å². The van der Waals surface area contributed by atoms with E-state index in [9.17, 15) is 5.11 Å². The van der Waals surface area contributed by atoms with E-state index in [1.54, 1.807) is 0 Å². The summed E-state index contributed by atoms with van der Waals surface area (Å²) < 4.78 is 0. The van der Waals surface area contributed by atoms with E-state index in [1.165, 1.54) is 44.9 Å². The smallest absolute Gasteiger partial charge is 0.0964 e. The summed E-state index contributed by atoms with van der Waals surface area (Å²) in [5, 5.41) is 9.58. The standard InChI is InChI=1S/C11H21O/c1-2-3-4-7-10-8-5-6-9-11(10)12/h10,12H,2-9H2,1H3. The first kappa shape index (κ1) is 10.0. The molecule has 0 aromatic rings. The van der Waals surface area contributed by atoms with E-state index < -0.39 is 0 Å². The molecule has 1 heteroatoms. The van der Waals surface area contributed by atoms with E-state index >= 15 is 0 Å². The molecule has 1 rings (SSSR count). The van der Waals surface area contributed by atoms with E-state index in [-0.39, 0.29) is 0 Å². The number of hydrogen-bond donors (Lipinski definition) is 1. The van der Waals surface area contributed by atoms with Gasteiger partial charge >= 0.3 is 0 Å². The molecule has 1 saturated carbocycles. The normalized spacial score (nSPS) is 26.0. The minimum Gasteiger partial charge on any atom is -0.387 e. The van der Waals surface area contributed by atoms with Crippen LogP contribution in [0.5, 0.6) is 0 Å². The zero-order valence-corrected chi connectivity index (χ0v) is 8.18. The number of hydrogen-bond acceptors (Lipinski definition) is 1. The Bertz CT molecular complexity index is 112. The van der Waals surface area contributed by atoms with Crippen LogP contribution in [0.25, 0.3) is 0 Å². The second kappa shape index (κ2) is 5.58. The molecule has 0 aliphatic heterocycles. The lowest BCUT2D eigenvalue weighted by atomic mass is 9.83. The molecular formula is C11H21O. The molecular weight excluding hydrogens is 148 g/mol. The van der Waals surface area contributed by atoms with Gasteiger partial charge < -0.3 is 5.11 Å². The van der Waals surface area contributed by atoms with Gasteiger partial charge in [0, 0.05) is 0 Å². The lowest BCUT2D eigenvalue weighted by molar-refractivity contribution is 0.167. The highest BCUT2D eigenvalue weighted by atomic mass is 16.3. The van der Waals surface area contributed by atoms with Crippen molar-refractivity contribution in [1.82, 2.24) is 0 Å². The largest absolute Gasteiger partial charge is 0.387 e. The molecule has 1 unspecified atom stereocenters. The zero-order chi connectivity index (χ0) is 8.81. The van der Waals surface area contributed by atoms with Gasteiger partial charge in [0.25, 0.3) is 0 Å². The van der Waals surface area contributed by atoms with Crippen LogP contribution in [0.3, 0.4) is 0 Å². The minimum atomic E-state index is 0.547. The van der Waals surface area contributed by atoms with E-state index in [4.69, 9.17) is 0 Å². The number of aliphatic hydroxyl groups excluding tert-OH is 1. The molecule has 0 spiro atoms. The van der Waals surface area contributed by atoms with Crippen LogP contribution in [-0.4, -0.2) is 5.11 Å². The highest BCUT2D eigenvalue weighted by Gasteiger charge is 2.22. The number of unbranched alkanes of at least 4 members (excludes halogenated alkanes) is 2. The van der Waals surface area contributed by atoms with Crippen molar-refractivity contribution in [3.05, 3.63) is 6.10 Å². The predicted octanol–water partition coefficient (Wildman–Crippen LogP) is 3.66. The van der Waals surface area contributed by atoms with Crippen molar-refractivity contribution < 1.29 is 5.11 Å². The van der Waals surface area contributed by atoms with Crippen molar-refractivity contribution in [2.45, 2.75) is 58.3 Å². The minimum absolute atomic E-state index is 0.547. The predicted molar refractivity (Wildman–Crippen MR) is 51.3 cm³/mol. The van der Waals surface area contributed by atoms with Crippen LogP contribution in [0.2, 0.25) is 0 Å². The van der Waals surface area contributed by atoms with Gasteiger partial charge in [-0.15, -0.1) is 0 Å². The second-order valence-electron chi connectivity index (χ2n) is 3.93. The molecule has 1 fully saturated rings. The van der Waals surface area contributed by atoms with Gasteiger partial charge in [0.1, 0.15) is 0 Å². The maximum Gasteiger partial charge on any atom is 0.0964 e. The molecule has 1 radical (unpaired) electrons. The topological polar surface area (TPSA) is 20.2 Å². The third kappa shape index (κ3) is 3.14. The number of aliphatic hydroxyl groups is 1. The highest BCUT2D eigenvalue weighted by Crippen LogP contribution is 2.33. The Morgan fingerprint density at radius 2 is 2.17 bits per heavy atom. The van der Waals surface area contributed by atoms with Crippen molar-refractivity contribution in [2.75, 3.05) is 0 Å². The van der Waals surface area contributed by atoms with E-state index in [0.717, 1.165) is 12.5 Å². The second-order valence-corrected chi connectivity index (χ2v) is 3.93. The van der Waals surface area contributed by atoms with Crippen LogP contribution in [0.4, 0.5) is 0 Å². The molecule has 71 valence electrons. The fourth-order valence-corrected chi connectivity index (χ4v) is 2.02. The first-order valence-corrected chi connectivity index (χ1v) is 5.39. The van der Waals surface area contributed by atoms with Crippen molar-refractivity contribution in [3.8, 4) is 0 Å². The Morgan fingerprint density at radius 1 is 1.33 bits per heavy atom. The number of rotatable bonds is 4. The Hall–Kier alpha value is -0.0400. The highest BCUT2D eigenvalue weighted by molar-refractivity contribution is 4.88. The van der Waals surface area contributed by atoms with Gasteiger partial charge in [0.05, 0.1) is 6.10 Å². The molecule has 0 saturated heterocycles. The Labute approximate surface area is 76.2 Å². The van der Waals surface area contributed by atoms with Gasteiger partial charge in [-0.25, -0.2) is 0 Å². The van der Waals surface area contributed by atoms with E-state index in [1.807, 2.05) is 0 Å². The third-order valence-corrected chi connectivity index (χ3v) is 2.86.